The van der Waals surface area contributed by atoms with Crippen LogP contribution in [0.3, 0.4) is 0 Å². The van der Waals surface area contributed by atoms with E-state index in [0.29, 0.717) is 6.54 Å². The van der Waals surface area contributed by atoms with E-state index in [0.717, 1.165) is 30.7 Å². The number of thiophene rings is 1. The fourth-order valence-corrected chi connectivity index (χ4v) is 2.89. The van der Waals surface area contributed by atoms with Crippen molar-refractivity contribution in [1.29, 1.82) is 0 Å². The second-order valence-corrected chi connectivity index (χ2v) is 5.34. The number of hydrogen-bond acceptors (Lipinski definition) is 3. The maximum absolute atomic E-state index is 12.1. The predicted octanol–water partition coefficient (Wildman–Crippen LogP) is 1.91. The maximum Gasteiger partial charge on any atom is 0.264 e. The van der Waals surface area contributed by atoms with Gasteiger partial charge in [-0.25, -0.2) is 0 Å². The van der Waals surface area contributed by atoms with E-state index in [1.807, 2.05) is 12.1 Å². The van der Waals surface area contributed by atoms with E-state index in [1.54, 1.807) is 16.2 Å². The molecule has 1 aliphatic rings. The third-order valence-corrected chi connectivity index (χ3v) is 4.12. The predicted molar refractivity (Wildman–Crippen MR) is 64.8 cm³/mol. The highest BCUT2D eigenvalue weighted by Crippen LogP contribution is 2.20. The summed E-state index contributed by atoms with van der Waals surface area (Å²) in [4.78, 5) is 15.9. The summed E-state index contributed by atoms with van der Waals surface area (Å²) in [6.07, 6.45) is 2.34. The Morgan fingerprint density at radius 2 is 2.44 bits per heavy atom. The zero-order valence-corrected chi connectivity index (χ0v) is 10.3. The Labute approximate surface area is 99.7 Å². The van der Waals surface area contributed by atoms with E-state index in [-0.39, 0.29) is 12.0 Å². The van der Waals surface area contributed by atoms with Crippen LogP contribution in [0.4, 0.5) is 0 Å². The van der Waals surface area contributed by atoms with E-state index in [1.165, 1.54) is 4.88 Å². The fraction of sp³-hybridized carbons (Fsp3) is 0.583. The summed E-state index contributed by atoms with van der Waals surface area (Å²) in [6.45, 7) is 3.35. The summed E-state index contributed by atoms with van der Waals surface area (Å²) in [7, 11) is 0. The largest absolute Gasteiger partial charge is 0.391 e. The van der Waals surface area contributed by atoms with Crippen molar-refractivity contribution in [2.45, 2.75) is 32.3 Å². The van der Waals surface area contributed by atoms with Crippen LogP contribution in [0.25, 0.3) is 0 Å². The van der Waals surface area contributed by atoms with E-state index in [4.69, 9.17) is 0 Å². The van der Waals surface area contributed by atoms with Crippen LogP contribution in [-0.4, -0.2) is 35.1 Å². The quantitative estimate of drug-likeness (QED) is 0.856. The molecule has 0 aliphatic carbocycles. The average molecular weight is 239 g/mol. The van der Waals surface area contributed by atoms with Crippen molar-refractivity contribution in [1.82, 2.24) is 4.90 Å². The maximum atomic E-state index is 12.1. The second-order valence-electron chi connectivity index (χ2n) is 4.17. The molecule has 16 heavy (non-hydrogen) atoms. The Morgan fingerprint density at radius 1 is 1.62 bits per heavy atom. The molecule has 1 atom stereocenters. The summed E-state index contributed by atoms with van der Waals surface area (Å²) in [6, 6.07) is 3.91. The minimum Gasteiger partial charge on any atom is -0.391 e. The third-order valence-electron chi connectivity index (χ3n) is 2.90. The van der Waals surface area contributed by atoms with Crippen molar-refractivity contribution >= 4 is 17.2 Å². The molecule has 1 saturated heterocycles. The van der Waals surface area contributed by atoms with Crippen LogP contribution in [0.5, 0.6) is 0 Å². The minimum atomic E-state index is -0.344. The Morgan fingerprint density at radius 3 is 3.06 bits per heavy atom. The topological polar surface area (TPSA) is 40.5 Å². The molecule has 2 heterocycles. The van der Waals surface area contributed by atoms with Gasteiger partial charge in [-0.3, -0.25) is 4.79 Å². The minimum absolute atomic E-state index is 0.0726. The molecule has 3 nitrogen and oxygen atoms in total. The number of likely N-dealkylation sites (tertiary alicyclic amines) is 1. The molecule has 88 valence electrons. The van der Waals surface area contributed by atoms with Crippen molar-refractivity contribution in [2.24, 2.45) is 0 Å². The monoisotopic (exact) mass is 239 g/mol. The van der Waals surface area contributed by atoms with E-state index >= 15 is 0 Å². The number of aryl methyl sites for hydroxylation is 1. The summed E-state index contributed by atoms with van der Waals surface area (Å²) >= 11 is 1.56. The molecule has 1 amide bonds. The number of nitrogens with zero attached hydrogens (tertiary/aromatic N) is 1. The number of rotatable bonds is 2. The molecule has 0 saturated carbocycles. The summed E-state index contributed by atoms with van der Waals surface area (Å²) in [5.41, 5.74) is 0. The lowest BCUT2D eigenvalue weighted by molar-refractivity contribution is 0.0478. The van der Waals surface area contributed by atoms with Gasteiger partial charge in [0.15, 0.2) is 0 Å². The lowest BCUT2D eigenvalue weighted by Crippen LogP contribution is -2.41. The van der Waals surface area contributed by atoms with Crippen LogP contribution in [0, 0.1) is 0 Å². The zero-order chi connectivity index (χ0) is 11.5. The number of piperidine rings is 1. The number of aliphatic hydroxyl groups is 1. The molecule has 1 aromatic heterocycles. The third kappa shape index (κ3) is 2.44. The van der Waals surface area contributed by atoms with Gasteiger partial charge in [0.25, 0.3) is 5.91 Å². The lowest BCUT2D eigenvalue weighted by atomic mass is 10.1. The molecular weight excluding hydrogens is 222 g/mol. The molecule has 1 N–H and O–H groups in total. The van der Waals surface area contributed by atoms with Crippen LogP contribution in [0.15, 0.2) is 12.1 Å². The van der Waals surface area contributed by atoms with Crippen molar-refractivity contribution in [3.05, 3.63) is 21.9 Å². The summed E-state index contributed by atoms with van der Waals surface area (Å²) < 4.78 is 0. The highest BCUT2D eigenvalue weighted by Gasteiger charge is 2.23. The number of carbonyl (C=O) groups excluding carboxylic acids is 1. The van der Waals surface area contributed by atoms with Crippen LogP contribution >= 0.6 is 11.3 Å². The van der Waals surface area contributed by atoms with Crippen LogP contribution in [-0.2, 0) is 6.42 Å². The first-order valence-corrected chi connectivity index (χ1v) is 6.58. The number of aliphatic hydroxyl groups excluding tert-OH is 1. The Hall–Kier alpha value is -0.870. The molecule has 0 bridgehead atoms. The second kappa shape index (κ2) is 4.97. The van der Waals surface area contributed by atoms with Crippen LogP contribution in [0.1, 0.15) is 34.3 Å². The number of amides is 1. The van der Waals surface area contributed by atoms with Gasteiger partial charge in [0.05, 0.1) is 11.0 Å². The molecular formula is C12H17NO2S. The van der Waals surface area contributed by atoms with Gasteiger partial charge in [-0.15, -0.1) is 11.3 Å². The molecule has 1 aromatic rings. The van der Waals surface area contributed by atoms with Crippen molar-refractivity contribution < 1.29 is 9.90 Å². The normalized spacial score (nSPS) is 21.1. The summed E-state index contributed by atoms with van der Waals surface area (Å²) in [5.74, 6) is 0.0726. The Balaban J connectivity index is 2.06. The van der Waals surface area contributed by atoms with Crippen LogP contribution < -0.4 is 0 Å². The molecule has 1 fully saturated rings. The van der Waals surface area contributed by atoms with Gasteiger partial charge in [0.1, 0.15) is 0 Å². The average Bonchev–Trinajstić information content (AvgIpc) is 2.76. The van der Waals surface area contributed by atoms with Gasteiger partial charge < -0.3 is 10.0 Å². The molecule has 0 unspecified atom stereocenters. The SMILES string of the molecule is CCc1ccc(C(=O)N2CCC[C@H](O)C2)s1. The van der Waals surface area contributed by atoms with Crippen molar-refractivity contribution in [3.8, 4) is 0 Å². The first kappa shape index (κ1) is 11.6. The van der Waals surface area contributed by atoms with E-state index in [2.05, 4.69) is 6.92 Å². The highest BCUT2D eigenvalue weighted by molar-refractivity contribution is 7.14. The van der Waals surface area contributed by atoms with Crippen molar-refractivity contribution in [3.63, 3.8) is 0 Å². The lowest BCUT2D eigenvalue weighted by Gasteiger charge is -2.29. The van der Waals surface area contributed by atoms with E-state index < -0.39 is 0 Å². The van der Waals surface area contributed by atoms with Gasteiger partial charge in [-0.1, -0.05) is 6.92 Å². The van der Waals surface area contributed by atoms with Gasteiger partial charge in [0, 0.05) is 18.0 Å². The summed E-state index contributed by atoms with van der Waals surface area (Å²) in [5, 5.41) is 9.54. The molecule has 1 aliphatic heterocycles. The number of carbonyl (C=O) groups is 1. The first-order valence-electron chi connectivity index (χ1n) is 5.76. The van der Waals surface area contributed by atoms with Gasteiger partial charge in [-0.2, -0.15) is 0 Å². The highest BCUT2D eigenvalue weighted by atomic mass is 32.1. The van der Waals surface area contributed by atoms with Gasteiger partial charge in [-0.05, 0) is 31.4 Å². The molecule has 4 heteroatoms. The van der Waals surface area contributed by atoms with Crippen molar-refractivity contribution in [2.75, 3.05) is 13.1 Å². The molecule has 0 spiro atoms. The number of β-amino-alcohol motifs (C(OH)–C–C–N with tert-alkyl or cyclic N) is 1. The van der Waals surface area contributed by atoms with E-state index in [9.17, 15) is 9.90 Å². The number of hydrogen-bond donors (Lipinski definition) is 1. The first-order chi connectivity index (χ1) is 7.70. The molecule has 0 aromatic carbocycles. The molecule has 0 radical (unpaired) electrons. The van der Waals surface area contributed by atoms with Crippen LogP contribution in [0.2, 0.25) is 0 Å². The zero-order valence-electron chi connectivity index (χ0n) is 9.48. The van der Waals surface area contributed by atoms with Gasteiger partial charge >= 0.3 is 0 Å². The van der Waals surface area contributed by atoms with Gasteiger partial charge in [0.2, 0.25) is 0 Å². The fourth-order valence-electron chi connectivity index (χ4n) is 1.98. The Kier molecular flexibility index (Phi) is 3.61. The standard InChI is InChI=1S/C12H17NO2S/c1-2-10-5-6-11(16-10)12(15)13-7-3-4-9(14)8-13/h5-6,9,14H,2-4,7-8H2,1H3/t9-/m0/s1. The smallest absolute Gasteiger partial charge is 0.264 e. The molecule has 2 rings (SSSR count). The Bertz CT molecular complexity index is 375.